The van der Waals surface area contributed by atoms with Crippen molar-refractivity contribution >= 4 is 62.2 Å². The van der Waals surface area contributed by atoms with Crippen LogP contribution in [0.3, 0.4) is 0 Å². The summed E-state index contributed by atoms with van der Waals surface area (Å²) < 4.78 is 0. The van der Waals surface area contributed by atoms with E-state index in [1.54, 1.807) is 30.7 Å². The van der Waals surface area contributed by atoms with E-state index in [0.717, 1.165) is 0 Å². The SMILES string of the molecule is CC(=O)c1cc(Cl)c(Nc2nc3ccncc3c3c(=O)[nH]ccc23)c(Cl)c1. The molecule has 8 heteroatoms. The van der Waals surface area contributed by atoms with Gasteiger partial charge in [-0.15, -0.1) is 0 Å². The summed E-state index contributed by atoms with van der Waals surface area (Å²) in [6.45, 7) is 1.44. The van der Waals surface area contributed by atoms with Gasteiger partial charge in [-0.05, 0) is 31.2 Å². The third kappa shape index (κ3) is 3.03. The Morgan fingerprint density at radius 1 is 1.15 bits per heavy atom. The first-order valence-corrected chi connectivity index (χ1v) is 8.73. The summed E-state index contributed by atoms with van der Waals surface area (Å²) in [5.41, 5.74) is 1.17. The van der Waals surface area contributed by atoms with Gasteiger partial charge in [0.25, 0.3) is 5.56 Å². The number of carbonyl (C=O) groups is 1. The average molecular weight is 399 g/mol. The Morgan fingerprint density at radius 3 is 2.59 bits per heavy atom. The van der Waals surface area contributed by atoms with Crippen molar-refractivity contribution in [2.75, 3.05) is 5.32 Å². The molecule has 0 unspecified atom stereocenters. The zero-order valence-corrected chi connectivity index (χ0v) is 15.5. The van der Waals surface area contributed by atoms with Crippen molar-refractivity contribution in [3.8, 4) is 0 Å². The zero-order chi connectivity index (χ0) is 19.1. The standard InChI is InChI=1S/C19H12Cl2N4O2/c1-9(26)10-6-13(20)17(14(21)7-10)25-18-11-2-5-23-19(27)16(11)12-8-22-4-3-15(12)24-18/h2-8H,1H3,(H,23,27)(H,24,25). The van der Waals surface area contributed by atoms with Crippen molar-refractivity contribution in [3.05, 3.63) is 68.8 Å². The first-order valence-electron chi connectivity index (χ1n) is 7.98. The Balaban J connectivity index is 1.96. The summed E-state index contributed by atoms with van der Waals surface area (Å²) in [5, 5.41) is 5.37. The lowest BCUT2D eigenvalue weighted by Crippen LogP contribution is -2.08. The second-order valence-corrected chi connectivity index (χ2v) is 6.76. The molecule has 134 valence electrons. The van der Waals surface area contributed by atoms with Gasteiger partial charge in [-0.25, -0.2) is 4.98 Å². The number of hydrogen-bond donors (Lipinski definition) is 2. The van der Waals surface area contributed by atoms with Crippen molar-refractivity contribution < 1.29 is 4.79 Å². The minimum Gasteiger partial charge on any atom is -0.337 e. The van der Waals surface area contributed by atoms with Gasteiger partial charge in [0.05, 0.1) is 26.6 Å². The van der Waals surface area contributed by atoms with Gasteiger partial charge in [-0.2, -0.15) is 0 Å². The highest BCUT2D eigenvalue weighted by molar-refractivity contribution is 6.40. The van der Waals surface area contributed by atoms with E-state index in [1.165, 1.54) is 19.1 Å². The average Bonchev–Trinajstić information content (AvgIpc) is 2.64. The molecular formula is C19H12Cl2N4O2. The van der Waals surface area contributed by atoms with Crippen molar-refractivity contribution in [1.82, 2.24) is 15.0 Å². The quantitative estimate of drug-likeness (QED) is 0.384. The number of Topliss-reactive ketones (excluding diaryl/α,β-unsaturated/α-hetero) is 1. The fourth-order valence-corrected chi connectivity index (χ4v) is 3.49. The van der Waals surface area contributed by atoms with Gasteiger partial charge in [0.1, 0.15) is 5.82 Å². The number of halogens is 2. The predicted octanol–water partition coefficient (Wildman–Crippen LogP) is 4.72. The normalized spacial score (nSPS) is 11.1. The fraction of sp³-hybridized carbons (Fsp3) is 0.0526. The van der Waals surface area contributed by atoms with Crippen LogP contribution in [0.2, 0.25) is 10.0 Å². The van der Waals surface area contributed by atoms with E-state index >= 15 is 0 Å². The third-order valence-corrected chi connectivity index (χ3v) is 4.80. The van der Waals surface area contributed by atoms with Crippen LogP contribution in [0, 0.1) is 0 Å². The van der Waals surface area contributed by atoms with Crippen LogP contribution in [0.25, 0.3) is 21.7 Å². The molecule has 0 saturated heterocycles. The highest BCUT2D eigenvalue weighted by Crippen LogP contribution is 2.36. The molecule has 4 rings (SSSR count). The third-order valence-electron chi connectivity index (χ3n) is 4.21. The smallest absolute Gasteiger partial charge is 0.256 e. The molecule has 0 saturated carbocycles. The molecule has 4 aromatic rings. The molecule has 0 spiro atoms. The van der Waals surface area contributed by atoms with Crippen LogP contribution in [0.4, 0.5) is 11.5 Å². The van der Waals surface area contributed by atoms with E-state index in [-0.39, 0.29) is 21.4 Å². The zero-order valence-electron chi connectivity index (χ0n) is 14.0. The lowest BCUT2D eigenvalue weighted by atomic mass is 10.1. The second kappa shape index (κ2) is 6.64. The Bertz CT molecular complexity index is 1260. The summed E-state index contributed by atoms with van der Waals surface area (Å²) >= 11 is 12.6. The summed E-state index contributed by atoms with van der Waals surface area (Å²) in [7, 11) is 0. The van der Waals surface area contributed by atoms with E-state index in [9.17, 15) is 9.59 Å². The molecule has 27 heavy (non-hydrogen) atoms. The number of anilines is 2. The summed E-state index contributed by atoms with van der Waals surface area (Å²) in [5.74, 6) is 0.285. The number of H-pyrrole nitrogens is 1. The van der Waals surface area contributed by atoms with E-state index in [1.807, 2.05) is 0 Å². The Morgan fingerprint density at radius 2 is 1.89 bits per heavy atom. The van der Waals surface area contributed by atoms with Crippen LogP contribution in [-0.2, 0) is 0 Å². The second-order valence-electron chi connectivity index (χ2n) is 5.94. The largest absolute Gasteiger partial charge is 0.337 e. The maximum atomic E-state index is 12.4. The molecule has 0 radical (unpaired) electrons. The maximum absolute atomic E-state index is 12.4. The topological polar surface area (TPSA) is 87.7 Å². The summed E-state index contributed by atoms with van der Waals surface area (Å²) in [6.07, 6.45) is 4.75. The van der Waals surface area contributed by atoms with Crippen LogP contribution < -0.4 is 10.9 Å². The number of benzene rings is 1. The Kier molecular flexibility index (Phi) is 4.30. The van der Waals surface area contributed by atoms with Crippen LogP contribution in [0.5, 0.6) is 0 Å². The Labute approximate surface area is 163 Å². The van der Waals surface area contributed by atoms with Crippen LogP contribution in [0.15, 0.2) is 47.7 Å². The summed E-state index contributed by atoms with van der Waals surface area (Å²) in [6, 6.07) is 6.54. The first-order chi connectivity index (χ1) is 13.0. The monoisotopic (exact) mass is 398 g/mol. The minimum atomic E-state index is -0.250. The minimum absolute atomic E-state index is 0.140. The van der Waals surface area contributed by atoms with E-state index < -0.39 is 0 Å². The maximum Gasteiger partial charge on any atom is 0.256 e. The highest BCUT2D eigenvalue weighted by Gasteiger charge is 2.15. The predicted molar refractivity (Wildman–Crippen MR) is 107 cm³/mol. The lowest BCUT2D eigenvalue weighted by molar-refractivity contribution is 0.101. The molecule has 0 atom stereocenters. The number of fused-ring (bicyclic) bond motifs is 3. The number of nitrogens with zero attached hydrogens (tertiary/aromatic N) is 2. The molecule has 0 amide bonds. The fourth-order valence-electron chi connectivity index (χ4n) is 2.91. The van der Waals surface area contributed by atoms with Crippen molar-refractivity contribution in [1.29, 1.82) is 0 Å². The number of nitrogens with one attached hydrogen (secondary N) is 2. The molecule has 0 aliphatic rings. The molecule has 2 N–H and O–H groups in total. The molecule has 1 aromatic carbocycles. The number of aromatic amines is 1. The van der Waals surface area contributed by atoms with Gasteiger partial charge in [0.15, 0.2) is 5.78 Å². The van der Waals surface area contributed by atoms with Crippen LogP contribution in [0.1, 0.15) is 17.3 Å². The molecule has 3 aromatic heterocycles. The first kappa shape index (κ1) is 17.5. The number of hydrogen-bond acceptors (Lipinski definition) is 5. The van der Waals surface area contributed by atoms with Gasteiger partial charge in [-0.1, -0.05) is 23.2 Å². The molecule has 0 aliphatic carbocycles. The van der Waals surface area contributed by atoms with Gasteiger partial charge in [0.2, 0.25) is 0 Å². The van der Waals surface area contributed by atoms with Crippen molar-refractivity contribution in [2.24, 2.45) is 0 Å². The van der Waals surface area contributed by atoms with Crippen LogP contribution >= 0.6 is 23.2 Å². The molecule has 0 fully saturated rings. The number of ketones is 1. The molecule has 0 aliphatic heterocycles. The van der Waals surface area contributed by atoms with Crippen molar-refractivity contribution in [3.63, 3.8) is 0 Å². The van der Waals surface area contributed by atoms with E-state index in [4.69, 9.17) is 23.2 Å². The van der Waals surface area contributed by atoms with Crippen LogP contribution in [-0.4, -0.2) is 20.7 Å². The molecule has 0 bridgehead atoms. The molecular weight excluding hydrogens is 387 g/mol. The summed E-state index contributed by atoms with van der Waals surface area (Å²) in [4.78, 5) is 35.4. The van der Waals surface area contributed by atoms with Gasteiger partial charge >= 0.3 is 0 Å². The van der Waals surface area contributed by atoms with Crippen molar-refractivity contribution in [2.45, 2.75) is 6.92 Å². The molecule has 6 nitrogen and oxygen atoms in total. The van der Waals surface area contributed by atoms with Gasteiger partial charge < -0.3 is 10.3 Å². The number of rotatable bonds is 3. The number of pyridine rings is 3. The van der Waals surface area contributed by atoms with Gasteiger partial charge in [0, 0.05) is 34.9 Å². The highest BCUT2D eigenvalue weighted by atomic mass is 35.5. The number of aromatic nitrogens is 3. The molecule has 3 heterocycles. The number of carbonyl (C=O) groups excluding carboxylic acids is 1. The van der Waals surface area contributed by atoms with E-state index in [2.05, 4.69) is 20.3 Å². The van der Waals surface area contributed by atoms with Gasteiger partial charge in [-0.3, -0.25) is 14.6 Å². The lowest BCUT2D eigenvalue weighted by Gasteiger charge is -2.14. The Hall–Kier alpha value is -2.96. The van der Waals surface area contributed by atoms with E-state index in [0.29, 0.717) is 38.7 Å².